The third-order valence-corrected chi connectivity index (χ3v) is 3.53. The van der Waals surface area contributed by atoms with Crippen LogP contribution in [0.2, 0.25) is 0 Å². The van der Waals surface area contributed by atoms with Gasteiger partial charge in [-0.3, -0.25) is 9.59 Å². The van der Waals surface area contributed by atoms with E-state index in [4.69, 9.17) is 9.47 Å². The number of ether oxygens (including phenoxy) is 2. The average molecular weight is 314 g/mol. The van der Waals surface area contributed by atoms with Gasteiger partial charge in [-0.15, -0.1) is 0 Å². The van der Waals surface area contributed by atoms with Crippen molar-refractivity contribution in [1.29, 1.82) is 0 Å². The fourth-order valence-corrected chi connectivity index (χ4v) is 2.11. The van der Waals surface area contributed by atoms with Crippen molar-refractivity contribution < 1.29 is 19.1 Å². The van der Waals surface area contributed by atoms with Crippen molar-refractivity contribution in [2.45, 2.75) is 90.9 Å². The van der Waals surface area contributed by atoms with Crippen molar-refractivity contribution in [1.82, 2.24) is 0 Å². The molecule has 0 heterocycles. The van der Waals surface area contributed by atoms with Gasteiger partial charge in [0, 0.05) is 12.8 Å². The van der Waals surface area contributed by atoms with Gasteiger partial charge >= 0.3 is 11.9 Å². The smallest absolute Gasteiger partial charge is 0.305 e. The van der Waals surface area contributed by atoms with Gasteiger partial charge in [0.2, 0.25) is 0 Å². The lowest BCUT2D eigenvalue weighted by atomic mass is 10.2. The van der Waals surface area contributed by atoms with E-state index < -0.39 is 0 Å². The number of hydrogen-bond donors (Lipinski definition) is 0. The molecule has 0 aliphatic carbocycles. The van der Waals surface area contributed by atoms with E-state index in [0.717, 1.165) is 25.7 Å². The Labute approximate surface area is 135 Å². The molecular weight excluding hydrogens is 280 g/mol. The van der Waals surface area contributed by atoms with Crippen LogP contribution in [-0.4, -0.2) is 25.2 Å². The topological polar surface area (TPSA) is 52.6 Å². The summed E-state index contributed by atoms with van der Waals surface area (Å²) < 4.78 is 10.3. The Bertz CT molecular complexity index is 248. The molecule has 0 saturated heterocycles. The number of rotatable bonds is 15. The number of hydrogen-bond acceptors (Lipinski definition) is 4. The molecule has 0 aromatic heterocycles. The maximum absolute atomic E-state index is 11.5. The predicted octanol–water partition coefficient (Wildman–Crippen LogP) is 4.79. The highest BCUT2D eigenvalue weighted by Crippen LogP contribution is 2.05. The fourth-order valence-electron chi connectivity index (χ4n) is 2.11. The van der Waals surface area contributed by atoms with Crippen LogP contribution in [-0.2, 0) is 19.1 Å². The molecule has 0 amide bonds. The van der Waals surface area contributed by atoms with Crippen molar-refractivity contribution in [2.75, 3.05) is 13.2 Å². The molecule has 0 radical (unpaired) electrons. The SMILES string of the molecule is CCCCCCOC(=O)CCCCC(=O)OCCCCCC. The first-order chi connectivity index (χ1) is 10.7. The quantitative estimate of drug-likeness (QED) is 0.322. The molecule has 22 heavy (non-hydrogen) atoms. The highest BCUT2D eigenvalue weighted by Gasteiger charge is 2.06. The van der Waals surface area contributed by atoms with Gasteiger partial charge in [0.05, 0.1) is 13.2 Å². The number of carbonyl (C=O) groups excluding carboxylic acids is 2. The zero-order chi connectivity index (χ0) is 16.5. The summed E-state index contributed by atoms with van der Waals surface area (Å²) in [5.41, 5.74) is 0. The summed E-state index contributed by atoms with van der Waals surface area (Å²) in [6, 6.07) is 0. The van der Waals surface area contributed by atoms with Crippen molar-refractivity contribution in [3.05, 3.63) is 0 Å². The Morgan fingerprint density at radius 2 is 1.00 bits per heavy atom. The minimum Gasteiger partial charge on any atom is -0.466 e. The second-order valence-electron chi connectivity index (χ2n) is 5.77. The van der Waals surface area contributed by atoms with Gasteiger partial charge in [-0.1, -0.05) is 52.4 Å². The zero-order valence-electron chi connectivity index (χ0n) is 14.5. The van der Waals surface area contributed by atoms with Gasteiger partial charge < -0.3 is 9.47 Å². The summed E-state index contributed by atoms with van der Waals surface area (Å²) in [5, 5.41) is 0. The molecule has 130 valence electrons. The van der Waals surface area contributed by atoms with Gasteiger partial charge in [0.1, 0.15) is 0 Å². The maximum atomic E-state index is 11.5. The molecule has 0 spiro atoms. The molecule has 4 heteroatoms. The summed E-state index contributed by atoms with van der Waals surface area (Å²) in [7, 11) is 0. The van der Waals surface area contributed by atoms with E-state index in [0.29, 0.717) is 38.9 Å². The van der Waals surface area contributed by atoms with Gasteiger partial charge in [-0.2, -0.15) is 0 Å². The molecular formula is C18H34O4. The lowest BCUT2D eigenvalue weighted by molar-refractivity contribution is -0.146. The second-order valence-corrected chi connectivity index (χ2v) is 5.77. The van der Waals surface area contributed by atoms with E-state index in [1.54, 1.807) is 0 Å². The van der Waals surface area contributed by atoms with Crippen LogP contribution in [0.25, 0.3) is 0 Å². The van der Waals surface area contributed by atoms with Crippen LogP contribution < -0.4 is 0 Å². The Balaban J connectivity index is 3.32. The van der Waals surface area contributed by atoms with Crippen molar-refractivity contribution in [3.8, 4) is 0 Å². The first-order valence-electron chi connectivity index (χ1n) is 9.02. The monoisotopic (exact) mass is 314 g/mol. The van der Waals surface area contributed by atoms with Crippen LogP contribution in [0.4, 0.5) is 0 Å². The molecule has 0 rings (SSSR count). The Kier molecular flexibility index (Phi) is 15.5. The lowest BCUT2D eigenvalue weighted by Gasteiger charge is -2.05. The maximum Gasteiger partial charge on any atom is 0.305 e. The molecule has 0 aliphatic rings. The standard InChI is InChI=1S/C18H34O4/c1-3-5-7-11-15-21-17(19)13-9-10-14-18(20)22-16-12-8-6-4-2/h3-16H2,1-2H3. The minimum atomic E-state index is -0.149. The average Bonchev–Trinajstić information content (AvgIpc) is 2.51. The second kappa shape index (κ2) is 16.3. The van der Waals surface area contributed by atoms with E-state index in [-0.39, 0.29) is 11.9 Å². The summed E-state index contributed by atoms with van der Waals surface area (Å²) >= 11 is 0. The van der Waals surface area contributed by atoms with Crippen LogP contribution in [0.1, 0.15) is 90.9 Å². The highest BCUT2D eigenvalue weighted by atomic mass is 16.5. The largest absolute Gasteiger partial charge is 0.466 e. The fraction of sp³-hybridized carbons (Fsp3) is 0.889. The molecule has 0 unspecified atom stereocenters. The van der Waals surface area contributed by atoms with Crippen LogP contribution in [0, 0.1) is 0 Å². The molecule has 0 fully saturated rings. The Hall–Kier alpha value is -1.06. The number of carbonyl (C=O) groups is 2. The summed E-state index contributed by atoms with van der Waals surface area (Å²) in [6.07, 6.45) is 11.1. The van der Waals surface area contributed by atoms with Gasteiger partial charge in [-0.05, 0) is 25.7 Å². The Morgan fingerprint density at radius 1 is 0.591 bits per heavy atom. The van der Waals surface area contributed by atoms with Crippen molar-refractivity contribution in [2.24, 2.45) is 0 Å². The van der Waals surface area contributed by atoms with Crippen LogP contribution >= 0.6 is 0 Å². The van der Waals surface area contributed by atoms with Crippen molar-refractivity contribution >= 4 is 11.9 Å². The molecule has 4 nitrogen and oxygen atoms in total. The lowest BCUT2D eigenvalue weighted by Crippen LogP contribution is -2.08. The molecule has 0 aromatic rings. The summed E-state index contributed by atoms with van der Waals surface area (Å²) in [4.78, 5) is 22.9. The highest BCUT2D eigenvalue weighted by molar-refractivity contribution is 5.70. The zero-order valence-corrected chi connectivity index (χ0v) is 14.5. The van der Waals surface area contributed by atoms with E-state index in [2.05, 4.69) is 13.8 Å². The Morgan fingerprint density at radius 3 is 1.36 bits per heavy atom. The van der Waals surface area contributed by atoms with Crippen LogP contribution in [0.5, 0.6) is 0 Å². The third-order valence-electron chi connectivity index (χ3n) is 3.53. The minimum absolute atomic E-state index is 0.149. The van der Waals surface area contributed by atoms with Crippen molar-refractivity contribution in [3.63, 3.8) is 0 Å². The molecule has 0 saturated carbocycles. The van der Waals surface area contributed by atoms with E-state index in [1.807, 2.05) is 0 Å². The van der Waals surface area contributed by atoms with E-state index >= 15 is 0 Å². The normalized spacial score (nSPS) is 10.5. The van der Waals surface area contributed by atoms with Gasteiger partial charge in [0.25, 0.3) is 0 Å². The van der Waals surface area contributed by atoms with E-state index in [1.165, 1.54) is 25.7 Å². The molecule has 0 aliphatic heterocycles. The third kappa shape index (κ3) is 15.3. The summed E-state index contributed by atoms with van der Waals surface area (Å²) in [5.74, 6) is -0.297. The predicted molar refractivity (Wildman–Crippen MR) is 88.7 cm³/mol. The number of unbranched alkanes of at least 4 members (excludes halogenated alkanes) is 7. The van der Waals surface area contributed by atoms with Crippen LogP contribution in [0.15, 0.2) is 0 Å². The molecule has 0 N–H and O–H groups in total. The first-order valence-corrected chi connectivity index (χ1v) is 9.02. The van der Waals surface area contributed by atoms with E-state index in [9.17, 15) is 9.59 Å². The van der Waals surface area contributed by atoms with Gasteiger partial charge in [0.15, 0.2) is 0 Å². The molecule has 0 aromatic carbocycles. The number of esters is 2. The van der Waals surface area contributed by atoms with Gasteiger partial charge in [-0.25, -0.2) is 0 Å². The first kappa shape index (κ1) is 20.9. The molecule has 0 atom stereocenters. The summed E-state index contributed by atoms with van der Waals surface area (Å²) in [6.45, 7) is 5.36. The van der Waals surface area contributed by atoms with Crippen LogP contribution in [0.3, 0.4) is 0 Å². The molecule has 0 bridgehead atoms.